The summed E-state index contributed by atoms with van der Waals surface area (Å²) in [4.78, 5) is 17.6. The highest BCUT2D eigenvalue weighted by atomic mass is 32.2. The average Bonchev–Trinajstić information content (AvgIpc) is 2.25. The molecule has 1 saturated heterocycles. The highest BCUT2D eigenvalue weighted by Gasteiger charge is 2.29. The first kappa shape index (κ1) is 11.4. The summed E-state index contributed by atoms with van der Waals surface area (Å²) in [6.45, 7) is 2.93. The Kier molecular flexibility index (Phi) is 3.46. The van der Waals surface area contributed by atoms with E-state index in [1.807, 2.05) is 6.07 Å². The van der Waals surface area contributed by atoms with Gasteiger partial charge >= 0.3 is 0 Å². The fraction of sp³-hybridized carbons (Fsp3) is 0.455. The lowest BCUT2D eigenvalue weighted by atomic mass is 10.1. The van der Waals surface area contributed by atoms with Gasteiger partial charge in [0, 0.05) is 19.3 Å². The molecule has 0 bridgehead atoms. The summed E-state index contributed by atoms with van der Waals surface area (Å²) < 4.78 is 0. The largest absolute Gasteiger partial charge is 0.389 e. The first-order valence-electron chi connectivity index (χ1n) is 5.27. The maximum Gasteiger partial charge on any atom is 0.255 e. The van der Waals surface area contributed by atoms with Crippen molar-refractivity contribution in [3.63, 3.8) is 0 Å². The lowest BCUT2D eigenvalue weighted by Gasteiger charge is -2.35. The number of carbonyl (C=O) groups is 1. The fourth-order valence-electron chi connectivity index (χ4n) is 1.54. The van der Waals surface area contributed by atoms with Crippen LogP contribution in [0, 0.1) is 0 Å². The molecule has 0 aromatic carbocycles. The van der Waals surface area contributed by atoms with E-state index in [0.29, 0.717) is 18.7 Å². The highest BCUT2D eigenvalue weighted by Crippen LogP contribution is 2.17. The Balaban J connectivity index is 2.01. The molecular weight excluding hydrogens is 224 g/mol. The van der Waals surface area contributed by atoms with Gasteiger partial charge in [-0.15, -0.1) is 11.8 Å². The molecule has 16 heavy (non-hydrogen) atoms. The zero-order chi connectivity index (χ0) is 11.5. The second-order valence-corrected chi connectivity index (χ2v) is 4.97. The van der Waals surface area contributed by atoms with Gasteiger partial charge in [0.15, 0.2) is 0 Å². The number of aliphatic hydroxyl groups is 1. The molecule has 4 nitrogen and oxygen atoms in total. The van der Waals surface area contributed by atoms with Gasteiger partial charge in [-0.25, -0.2) is 4.98 Å². The van der Waals surface area contributed by atoms with Crippen molar-refractivity contribution in [2.24, 2.45) is 0 Å². The predicted molar refractivity (Wildman–Crippen MR) is 62.5 cm³/mol. The van der Waals surface area contributed by atoms with E-state index in [0.717, 1.165) is 10.8 Å². The molecule has 1 aliphatic heterocycles. The predicted octanol–water partition coefficient (Wildman–Crippen LogP) is 1.01. The molecule has 5 heteroatoms. The molecule has 0 aliphatic carbocycles. The number of aromatic nitrogens is 1. The minimum absolute atomic E-state index is 0.0501. The summed E-state index contributed by atoms with van der Waals surface area (Å²) in [7, 11) is 0. The van der Waals surface area contributed by atoms with Crippen molar-refractivity contribution >= 4 is 17.7 Å². The van der Waals surface area contributed by atoms with Gasteiger partial charge in [0.1, 0.15) is 0 Å². The summed E-state index contributed by atoms with van der Waals surface area (Å²) in [5.74, 6) is 0.921. The maximum atomic E-state index is 11.8. The van der Waals surface area contributed by atoms with Gasteiger partial charge < -0.3 is 10.0 Å². The van der Waals surface area contributed by atoms with Crippen LogP contribution < -0.4 is 0 Å². The van der Waals surface area contributed by atoms with E-state index in [2.05, 4.69) is 11.9 Å². The topological polar surface area (TPSA) is 53.4 Å². The van der Waals surface area contributed by atoms with E-state index in [1.54, 1.807) is 28.9 Å². The number of hydrogen-bond donors (Lipinski definition) is 1. The number of likely N-dealkylation sites (tertiary alicyclic amines) is 1. The molecular formula is C11H14N2O2S. The number of thioether (sulfide) groups is 1. The first-order valence-corrected chi connectivity index (χ1v) is 6.25. The van der Waals surface area contributed by atoms with Gasteiger partial charge in [-0.05, 0) is 17.9 Å². The smallest absolute Gasteiger partial charge is 0.255 e. The maximum absolute atomic E-state index is 11.8. The summed E-state index contributed by atoms with van der Waals surface area (Å²) in [5.41, 5.74) is 0.590. The van der Waals surface area contributed by atoms with Crippen LogP contribution in [0.15, 0.2) is 23.4 Å². The number of pyridine rings is 1. The fourth-order valence-corrected chi connectivity index (χ4v) is 2.13. The summed E-state index contributed by atoms with van der Waals surface area (Å²) in [6, 6.07) is 3.65. The molecule has 0 atom stereocenters. The van der Waals surface area contributed by atoms with E-state index in [1.165, 1.54) is 0 Å². The zero-order valence-electron chi connectivity index (χ0n) is 9.09. The molecule has 0 spiro atoms. The van der Waals surface area contributed by atoms with Crippen molar-refractivity contribution in [1.82, 2.24) is 9.88 Å². The summed E-state index contributed by atoms with van der Waals surface area (Å²) in [5, 5.41) is 10.0. The monoisotopic (exact) mass is 238 g/mol. The van der Waals surface area contributed by atoms with Crippen LogP contribution in [0.4, 0.5) is 0 Å². The van der Waals surface area contributed by atoms with Crippen LogP contribution in [0.3, 0.4) is 0 Å². The third-order valence-corrected chi connectivity index (χ3v) is 3.25. The first-order chi connectivity index (χ1) is 7.70. The molecule has 1 aromatic heterocycles. The minimum Gasteiger partial charge on any atom is -0.389 e. The molecule has 1 aromatic rings. The third kappa shape index (κ3) is 2.36. The molecule has 0 radical (unpaired) electrons. The lowest BCUT2D eigenvalue weighted by Crippen LogP contribution is -2.53. The van der Waals surface area contributed by atoms with Crippen LogP contribution in [0.1, 0.15) is 17.3 Å². The van der Waals surface area contributed by atoms with Crippen molar-refractivity contribution in [1.29, 1.82) is 0 Å². The van der Waals surface area contributed by atoms with Gasteiger partial charge in [-0.2, -0.15) is 0 Å². The van der Waals surface area contributed by atoms with Crippen LogP contribution >= 0.6 is 11.8 Å². The van der Waals surface area contributed by atoms with Crippen molar-refractivity contribution in [3.05, 3.63) is 23.9 Å². The van der Waals surface area contributed by atoms with Crippen LogP contribution in [-0.4, -0.2) is 45.8 Å². The zero-order valence-corrected chi connectivity index (χ0v) is 9.91. The number of aliphatic hydroxyl groups excluding tert-OH is 1. The van der Waals surface area contributed by atoms with E-state index in [-0.39, 0.29) is 12.0 Å². The number of β-amino-alcohol motifs (C(OH)–C–C–N with tert-alkyl or cyclic N) is 1. The summed E-state index contributed by atoms with van der Waals surface area (Å²) >= 11 is 1.65. The molecule has 0 unspecified atom stereocenters. The molecule has 1 aliphatic rings. The van der Waals surface area contributed by atoms with Crippen molar-refractivity contribution in [3.8, 4) is 0 Å². The average molecular weight is 238 g/mol. The van der Waals surface area contributed by atoms with Gasteiger partial charge in [-0.3, -0.25) is 4.79 Å². The van der Waals surface area contributed by atoms with Crippen molar-refractivity contribution in [2.75, 3.05) is 18.8 Å². The second-order valence-electron chi connectivity index (χ2n) is 3.68. The van der Waals surface area contributed by atoms with Gasteiger partial charge in [-0.1, -0.05) is 6.92 Å². The number of rotatable bonds is 3. The van der Waals surface area contributed by atoms with Gasteiger partial charge in [0.2, 0.25) is 0 Å². The van der Waals surface area contributed by atoms with E-state index in [4.69, 9.17) is 5.11 Å². The lowest BCUT2D eigenvalue weighted by molar-refractivity contribution is 0.00586. The SMILES string of the molecule is CCSc1ccc(C(=O)N2CC(O)C2)cn1. The van der Waals surface area contributed by atoms with Crippen LogP contribution in [0.25, 0.3) is 0 Å². The van der Waals surface area contributed by atoms with Crippen LogP contribution in [0.2, 0.25) is 0 Å². The molecule has 86 valence electrons. The molecule has 2 rings (SSSR count). The van der Waals surface area contributed by atoms with Crippen LogP contribution in [-0.2, 0) is 0 Å². The molecule has 1 amide bonds. The number of amides is 1. The summed E-state index contributed by atoms with van der Waals surface area (Å²) in [6.07, 6.45) is 1.25. The number of nitrogens with zero attached hydrogens (tertiary/aromatic N) is 2. The molecule has 0 saturated carbocycles. The second kappa shape index (κ2) is 4.84. The Morgan fingerprint density at radius 1 is 1.62 bits per heavy atom. The Hall–Kier alpha value is -1.07. The highest BCUT2D eigenvalue weighted by molar-refractivity contribution is 7.99. The Labute approximate surface area is 98.7 Å². The van der Waals surface area contributed by atoms with E-state index >= 15 is 0 Å². The quantitative estimate of drug-likeness (QED) is 0.799. The Morgan fingerprint density at radius 2 is 2.38 bits per heavy atom. The Morgan fingerprint density at radius 3 is 2.88 bits per heavy atom. The van der Waals surface area contributed by atoms with E-state index < -0.39 is 0 Å². The van der Waals surface area contributed by atoms with Gasteiger partial charge in [0.25, 0.3) is 5.91 Å². The molecule has 2 heterocycles. The molecule has 1 N–H and O–H groups in total. The normalized spacial score (nSPS) is 16.0. The standard InChI is InChI=1S/C11H14N2O2S/c1-2-16-10-4-3-8(5-12-10)11(15)13-6-9(14)7-13/h3-5,9,14H,2,6-7H2,1H3. The van der Waals surface area contributed by atoms with Crippen molar-refractivity contribution < 1.29 is 9.90 Å². The van der Waals surface area contributed by atoms with Gasteiger partial charge in [0.05, 0.1) is 16.7 Å². The third-order valence-electron chi connectivity index (χ3n) is 2.42. The number of carbonyl (C=O) groups excluding carboxylic acids is 1. The van der Waals surface area contributed by atoms with Crippen molar-refractivity contribution in [2.45, 2.75) is 18.1 Å². The van der Waals surface area contributed by atoms with E-state index in [9.17, 15) is 4.79 Å². The van der Waals surface area contributed by atoms with Crippen LogP contribution in [0.5, 0.6) is 0 Å². The minimum atomic E-state index is -0.355. The Bertz CT molecular complexity index is 374. The molecule has 1 fully saturated rings. The number of hydrogen-bond acceptors (Lipinski definition) is 4.